The van der Waals surface area contributed by atoms with Crippen molar-refractivity contribution in [3.63, 3.8) is 0 Å². The van der Waals surface area contributed by atoms with Crippen molar-refractivity contribution >= 4 is 27.3 Å². The minimum atomic E-state index is 0.159. The molecule has 3 nitrogen and oxygen atoms in total. The van der Waals surface area contributed by atoms with Crippen LogP contribution in [0.3, 0.4) is 0 Å². The highest BCUT2D eigenvalue weighted by atomic mass is 79.9. The van der Waals surface area contributed by atoms with E-state index in [1.165, 1.54) is 4.88 Å². The average Bonchev–Trinajstić information content (AvgIpc) is 2.98. The molecule has 1 aromatic heterocycles. The first kappa shape index (κ1) is 18.6. The lowest BCUT2D eigenvalue weighted by atomic mass is 9.98. The monoisotopic (exact) mass is 420 g/mol. The Labute approximate surface area is 162 Å². The van der Waals surface area contributed by atoms with Gasteiger partial charge in [-0.05, 0) is 53.5 Å². The lowest BCUT2D eigenvalue weighted by Gasteiger charge is -2.47. The lowest BCUT2D eigenvalue weighted by molar-refractivity contribution is 0.0315. The van der Waals surface area contributed by atoms with Crippen LogP contribution in [0, 0.1) is 0 Å². The van der Waals surface area contributed by atoms with E-state index >= 15 is 0 Å². The molecule has 0 unspecified atom stereocenters. The number of phenolic OH excluding ortho intramolecular Hbond substituents is 1. The van der Waals surface area contributed by atoms with Crippen LogP contribution in [0.25, 0.3) is 0 Å². The van der Waals surface area contributed by atoms with Crippen molar-refractivity contribution in [2.24, 2.45) is 0 Å². The predicted molar refractivity (Wildman–Crippen MR) is 109 cm³/mol. The summed E-state index contributed by atoms with van der Waals surface area (Å²) in [5, 5.41) is 12.1. The Balaban J connectivity index is 1.96. The zero-order valence-corrected chi connectivity index (χ0v) is 17.1. The number of piperazine rings is 1. The van der Waals surface area contributed by atoms with Gasteiger partial charge in [0.15, 0.2) is 0 Å². The van der Waals surface area contributed by atoms with Crippen LogP contribution in [0.1, 0.15) is 30.3 Å². The number of benzene rings is 1. The molecule has 0 aliphatic carbocycles. The van der Waals surface area contributed by atoms with Crippen LogP contribution >= 0.6 is 27.3 Å². The molecular formula is C20H25BrN2OS. The zero-order valence-electron chi connectivity index (χ0n) is 14.7. The topological polar surface area (TPSA) is 26.7 Å². The molecule has 3 rings (SSSR count). The number of halogens is 1. The minimum absolute atomic E-state index is 0.159. The van der Waals surface area contributed by atoms with E-state index in [-0.39, 0.29) is 6.04 Å². The molecule has 0 saturated carbocycles. The van der Waals surface area contributed by atoms with E-state index in [4.69, 9.17) is 0 Å². The van der Waals surface area contributed by atoms with Gasteiger partial charge in [0.05, 0.1) is 6.04 Å². The maximum absolute atomic E-state index is 10.00. The van der Waals surface area contributed by atoms with Crippen LogP contribution < -0.4 is 0 Å². The molecule has 0 spiro atoms. The Morgan fingerprint density at radius 3 is 2.76 bits per heavy atom. The van der Waals surface area contributed by atoms with Crippen LogP contribution in [0.4, 0.5) is 0 Å². The summed E-state index contributed by atoms with van der Waals surface area (Å²) in [7, 11) is 0. The smallest absolute Gasteiger partial charge is 0.115 e. The SMILES string of the molecule is C=CCN1C[C@H](C)N([C@H](c2cccc(O)c2)c2cc(Br)cs2)C[C@H]1C. The van der Waals surface area contributed by atoms with Gasteiger partial charge in [-0.2, -0.15) is 0 Å². The molecule has 134 valence electrons. The first-order chi connectivity index (χ1) is 12.0. The van der Waals surface area contributed by atoms with E-state index in [9.17, 15) is 5.11 Å². The van der Waals surface area contributed by atoms with Gasteiger partial charge < -0.3 is 5.11 Å². The van der Waals surface area contributed by atoms with Gasteiger partial charge in [-0.3, -0.25) is 9.80 Å². The van der Waals surface area contributed by atoms with E-state index in [1.54, 1.807) is 17.4 Å². The third-order valence-electron chi connectivity index (χ3n) is 4.90. The number of phenols is 1. The van der Waals surface area contributed by atoms with Crippen molar-refractivity contribution < 1.29 is 5.11 Å². The number of hydrogen-bond acceptors (Lipinski definition) is 4. The molecule has 1 aliphatic heterocycles. The molecule has 0 radical (unpaired) electrons. The Bertz CT molecular complexity index is 732. The molecule has 1 saturated heterocycles. The van der Waals surface area contributed by atoms with Crippen LogP contribution in [-0.2, 0) is 0 Å². The Morgan fingerprint density at radius 2 is 2.12 bits per heavy atom. The summed E-state index contributed by atoms with van der Waals surface area (Å²) in [4.78, 5) is 6.35. The van der Waals surface area contributed by atoms with Gasteiger partial charge in [-0.15, -0.1) is 17.9 Å². The summed E-state index contributed by atoms with van der Waals surface area (Å²) < 4.78 is 1.11. The fraction of sp³-hybridized carbons (Fsp3) is 0.400. The first-order valence-electron chi connectivity index (χ1n) is 8.63. The number of hydrogen-bond donors (Lipinski definition) is 1. The van der Waals surface area contributed by atoms with E-state index in [1.807, 2.05) is 18.2 Å². The maximum Gasteiger partial charge on any atom is 0.115 e. The molecule has 5 heteroatoms. The van der Waals surface area contributed by atoms with Gasteiger partial charge in [-0.25, -0.2) is 0 Å². The summed E-state index contributed by atoms with van der Waals surface area (Å²) >= 11 is 5.36. The number of thiophene rings is 1. The maximum atomic E-state index is 10.00. The highest BCUT2D eigenvalue weighted by Crippen LogP contribution is 2.38. The number of nitrogens with zero attached hydrogens (tertiary/aromatic N) is 2. The fourth-order valence-corrected chi connectivity index (χ4v) is 5.28. The van der Waals surface area contributed by atoms with Crippen molar-refractivity contribution in [2.75, 3.05) is 19.6 Å². The van der Waals surface area contributed by atoms with Gasteiger partial charge >= 0.3 is 0 Å². The summed E-state index contributed by atoms with van der Waals surface area (Å²) in [6.07, 6.45) is 1.99. The molecule has 1 aliphatic rings. The molecule has 3 atom stereocenters. The Hall–Kier alpha value is -1.14. The standard InChI is InChI=1S/C20H25BrN2OS/c1-4-8-22-11-15(3)23(12-14(22)2)20(19-10-17(21)13-25-19)16-6-5-7-18(24)9-16/h4-7,9-10,13-15,20,24H,1,8,11-12H2,2-3H3/t14-,15+,20-/m1/s1. The highest BCUT2D eigenvalue weighted by Gasteiger charge is 2.35. The third kappa shape index (κ3) is 4.17. The van der Waals surface area contributed by atoms with Crippen LogP contribution in [0.15, 0.2) is 52.8 Å². The van der Waals surface area contributed by atoms with Gasteiger partial charge in [-0.1, -0.05) is 18.2 Å². The van der Waals surface area contributed by atoms with Crippen molar-refractivity contribution in [1.82, 2.24) is 9.80 Å². The molecule has 1 fully saturated rings. The fourth-order valence-electron chi connectivity index (χ4n) is 3.69. The van der Waals surface area contributed by atoms with Crippen molar-refractivity contribution in [3.8, 4) is 5.75 Å². The van der Waals surface area contributed by atoms with Crippen LogP contribution in [-0.4, -0.2) is 46.6 Å². The summed E-state index contributed by atoms with van der Waals surface area (Å²) in [5.74, 6) is 0.323. The molecule has 2 heterocycles. The molecule has 0 bridgehead atoms. The molecule has 25 heavy (non-hydrogen) atoms. The molecule has 1 aromatic carbocycles. The van der Waals surface area contributed by atoms with E-state index in [2.05, 4.69) is 63.7 Å². The summed E-state index contributed by atoms with van der Waals surface area (Å²) in [6.45, 7) is 11.4. The molecule has 0 amide bonds. The van der Waals surface area contributed by atoms with E-state index in [0.717, 1.165) is 29.7 Å². The number of rotatable bonds is 5. The van der Waals surface area contributed by atoms with Crippen molar-refractivity contribution in [3.05, 3.63) is 63.3 Å². The average molecular weight is 421 g/mol. The molecule has 2 aromatic rings. The minimum Gasteiger partial charge on any atom is -0.508 e. The first-order valence-corrected chi connectivity index (χ1v) is 10.3. The second-order valence-electron chi connectivity index (χ2n) is 6.80. The van der Waals surface area contributed by atoms with Gasteiger partial charge in [0.25, 0.3) is 0 Å². The quantitative estimate of drug-likeness (QED) is 0.697. The Kier molecular flexibility index (Phi) is 6.00. The van der Waals surface area contributed by atoms with Gasteiger partial charge in [0.1, 0.15) is 5.75 Å². The molecule has 1 N–H and O–H groups in total. The van der Waals surface area contributed by atoms with Gasteiger partial charge in [0.2, 0.25) is 0 Å². The van der Waals surface area contributed by atoms with Crippen LogP contribution in [0.5, 0.6) is 5.75 Å². The van der Waals surface area contributed by atoms with Crippen molar-refractivity contribution in [1.29, 1.82) is 0 Å². The van der Waals surface area contributed by atoms with E-state index < -0.39 is 0 Å². The summed E-state index contributed by atoms with van der Waals surface area (Å²) in [5.41, 5.74) is 1.14. The largest absolute Gasteiger partial charge is 0.508 e. The number of aromatic hydroxyl groups is 1. The second kappa shape index (κ2) is 8.04. The van der Waals surface area contributed by atoms with E-state index in [0.29, 0.717) is 17.8 Å². The highest BCUT2D eigenvalue weighted by molar-refractivity contribution is 9.10. The lowest BCUT2D eigenvalue weighted by Crippen LogP contribution is -2.57. The summed E-state index contributed by atoms with van der Waals surface area (Å²) in [6, 6.07) is 10.9. The molecular weight excluding hydrogens is 396 g/mol. The third-order valence-corrected chi connectivity index (χ3v) is 6.65. The predicted octanol–water partition coefficient (Wildman–Crippen LogP) is 4.89. The second-order valence-corrected chi connectivity index (χ2v) is 8.66. The Morgan fingerprint density at radius 1 is 1.32 bits per heavy atom. The van der Waals surface area contributed by atoms with Crippen LogP contribution in [0.2, 0.25) is 0 Å². The zero-order chi connectivity index (χ0) is 18.0. The van der Waals surface area contributed by atoms with Crippen molar-refractivity contribution in [2.45, 2.75) is 32.0 Å². The normalized spacial score (nSPS) is 23.5. The van der Waals surface area contributed by atoms with Gasteiger partial charge in [0, 0.05) is 46.4 Å².